The number of ether oxygens (including phenoxy) is 3. The van der Waals surface area contributed by atoms with Gasteiger partial charge >= 0.3 is 5.97 Å². The van der Waals surface area contributed by atoms with Gasteiger partial charge in [0.15, 0.2) is 0 Å². The lowest BCUT2D eigenvalue weighted by Crippen LogP contribution is -2.23. The number of nitrogens with zero attached hydrogens (tertiary/aromatic N) is 5. The van der Waals surface area contributed by atoms with Crippen LogP contribution in [0.5, 0.6) is 11.5 Å². The third-order valence-electron chi connectivity index (χ3n) is 5.18. The van der Waals surface area contributed by atoms with Crippen molar-refractivity contribution in [3.8, 4) is 11.5 Å². The van der Waals surface area contributed by atoms with Crippen LogP contribution in [0.15, 0.2) is 71.5 Å². The highest BCUT2D eigenvalue weighted by atomic mass is 35.5. The van der Waals surface area contributed by atoms with Gasteiger partial charge < -0.3 is 19.1 Å². The fourth-order valence-electron chi connectivity index (χ4n) is 3.37. The van der Waals surface area contributed by atoms with Gasteiger partial charge in [-0.3, -0.25) is 0 Å². The molecule has 0 aliphatic rings. The highest BCUT2D eigenvalue weighted by molar-refractivity contribution is 6.31. The Morgan fingerprint density at radius 3 is 2.00 bits per heavy atom. The number of benzene rings is 2. The number of hydrogen-bond acceptors (Lipinski definition) is 7. The molecule has 0 fully saturated rings. The van der Waals surface area contributed by atoms with Crippen molar-refractivity contribution in [1.29, 1.82) is 0 Å². The number of carbonyl (C=O) groups is 1. The summed E-state index contributed by atoms with van der Waals surface area (Å²) in [7, 11) is 3.25. The minimum Gasteiger partial charge on any atom is -0.497 e. The number of esters is 1. The maximum atomic E-state index is 12.1. The Kier molecular flexibility index (Phi) is 9.56. The van der Waals surface area contributed by atoms with Crippen LogP contribution >= 0.6 is 11.6 Å². The summed E-state index contributed by atoms with van der Waals surface area (Å²) in [6.07, 6.45) is 1.36. The first kappa shape index (κ1) is 26.4. The molecule has 2 aromatic carbocycles. The zero-order valence-corrected chi connectivity index (χ0v) is 21.0. The van der Waals surface area contributed by atoms with Crippen molar-refractivity contribution in [3.63, 3.8) is 0 Å². The molecule has 0 radical (unpaired) electrons. The largest absolute Gasteiger partial charge is 0.497 e. The van der Waals surface area contributed by atoms with Gasteiger partial charge in [0.25, 0.3) is 0 Å². The predicted molar refractivity (Wildman–Crippen MR) is 139 cm³/mol. The number of azide groups is 1. The summed E-state index contributed by atoms with van der Waals surface area (Å²) < 4.78 is 15.5. The van der Waals surface area contributed by atoms with Crippen molar-refractivity contribution in [2.45, 2.75) is 20.0 Å². The maximum Gasteiger partial charge on any atom is 0.340 e. The van der Waals surface area contributed by atoms with Gasteiger partial charge in [-0.15, -0.1) is 0 Å². The predicted octanol–water partition coefficient (Wildman–Crippen LogP) is 6.17. The van der Waals surface area contributed by atoms with Gasteiger partial charge in [-0.2, -0.15) is 0 Å². The Labute approximate surface area is 214 Å². The van der Waals surface area contributed by atoms with Gasteiger partial charge in [0.05, 0.1) is 20.8 Å². The average Bonchev–Trinajstić information content (AvgIpc) is 2.90. The Hall–Kier alpha value is -4.20. The molecule has 0 N–H and O–H groups in total. The quantitative estimate of drug-likeness (QED) is 0.0765. The van der Waals surface area contributed by atoms with Crippen LogP contribution in [0.1, 0.15) is 23.6 Å². The number of halogens is 1. The number of hydrogen-bond donors (Lipinski definition) is 0. The molecule has 0 saturated carbocycles. The number of carbonyl (C=O) groups excluding carboxylic acids is 1. The van der Waals surface area contributed by atoms with Crippen LogP contribution in [0.4, 0.5) is 5.82 Å². The first-order valence-corrected chi connectivity index (χ1v) is 11.5. The van der Waals surface area contributed by atoms with E-state index < -0.39 is 5.97 Å². The number of pyridine rings is 1. The first-order valence-electron chi connectivity index (χ1n) is 11.1. The summed E-state index contributed by atoms with van der Waals surface area (Å²) in [4.78, 5) is 21.4. The molecule has 0 atom stereocenters. The van der Waals surface area contributed by atoms with E-state index in [1.807, 2.05) is 48.5 Å². The van der Waals surface area contributed by atoms with Gasteiger partial charge in [-0.1, -0.05) is 41.0 Å². The van der Waals surface area contributed by atoms with Crippen LogP contribution in [-0.2, 0) is 22.6 Å². The Morgan fingerprint density at radius 1 is 1.00 bits per heavy atom. The standard InChI is InChI=1S/C26H26ClN5O4/c1-4-36-26(33)23(30-31-28)15-20-9-14-24(29-25(20)27)32(16-18-5-10-21(34-2)11-6-18)17-19-7-12-22(35-3)13-8-19/h5-15H,4,16-17H2,1-3H3. The molecule has 10 heteroatoms. The molecule has 0 aliphatic carbocycles. The third kappa shape index (κ3) is 7.15. The molecule has 36 heavy (non-hydrogen) atoms. The molecule has 1 aromatic heterocycles. The van der Waals surface area contributed by atoms with Crippen molar-refractivity contribution in [1.82, 2.24) is 4.98 Å². The summed E-state index contributed by atoms with van der Waals surface area (Å²) in [5, 5.41) is 3.58. The number of anilines is 1. The Morgan fingerprint density at radius 2 is 1.56 bits per heavy atom. The van der Waals surface area contributed by atoms with Crippen LogP contribution in [0.2, 0.25) is 5.15 Å². The van der Waals surface area contributed by atoms with Crippen LogP contribution in [-0.4, -0.2) is 31.8 Å². The van der Waals surface area contributed by atoms with Crippen molar-refractivity contribution in [3.05, 3.63) is 98.6 Å². The summed E-state index contributed by atoms with van der Waals surface area (Å²) in [6.45, 7) is 2.92. The van der Waals surface area contributed by atoms with Gasteiger partial charge in [0.1, 0.15) is 28.2 Å². The smallest absolute Gasteiger partial charge is 0.340 e. The van der Waals surface area contributed by atoms with Crippen LogP contribution in [0, 0.1) is 0 Å². The van der Waals surface area contributed by atoms with E-state index in [9.17, 15) is 4.79 Å². The molecule has 0 spiro atoms. The lowest BCUT2D eigenvalue weighted by molar-refractivity contribution is -0.138. The second-order valence-electron chi connectivity index (χ2n) is 7.54. The fourth-order valence-corrected chi connectivity index (χ4v) is 3.57. The van der Waals surface area contributed by atoms with Crippen molar-refractivity contribution < 1.29 is 19.0 Å². The van der Waals surface area contributed by atoms with Crippen molar-refractivity contribution >= 4 is 29.5 Å². The zero-order valence-electron chi connectivity index (χ0n) is 20.2. The second kappa shape index (κ2) is 13.0. The summed E-state index contributed by atoms with van der Waals surface area (Å²) >= 11 is 6.48. The number of rotatable bonds is 11. The second-order valence-corrected chi connectivity index (χ2v) is 7.90. The molecule has 1 heterocycles. The molecule has 0 saturated heterocycles. The van der Waals surface area contributed by atoms with E-state index in [-0.39, 0.29) is 17.5 Å². The minimum atomic E-state index is -0.740. The van der Waals surface area contributed by atoms with Gasteiger partial charge in [0, 0.05) is 23.6 Å². The fraction of sp³-hybridized carbons (Fsp3) is 0.231. The monoisotopic (exact) mass is 507 g/mol. The molecule has 0 bridgehead atoms. The molecular weight excluding hydrogens is 482 g/mol. The van der Waals surface area contributed by atoms with Crippen LogP contribution in [0.25, 0.3) is 16.5 Å². The van der Waals surface area contributed by atoms with Gasteiger partial charge in [-0.05, 0) is 66.1 Å². The van der Waals surface area contributed by atoms with Crippen molar-refractivity contribution in [2.24, 2.45) is 5.11 Å². The van der Waals surface area contributed by atoms with E-state index >= 15 is 0 Å². The number of aromatic nitrogens is 1. The van der Waals surface area contributed by atoms with Crippen LogP contribution < -0.4 is 14.4 Å². The highest BCUT2D eigenvalue weighted by Crippen LogP contribution is 2.26. The van der Waals surface area contributed by atoms with E-state index in [1.54, 1.807) is 33.3 Å². The summed E-state index contributed by atoms with van der Waals surface area (Å²) in [6, 6.07) is 19.1. The molecule has 186 valence electrons. The molecule has 0 amide bonds. The van der Waals surface area contributed by atoms with E-state index in [0.29, 0.717) is 24.5 Å². The minimum absolute atomic E-state index is 0.147. The molecule has 3 aromatic rings. The summed E-state index contributed by atoms with van der Waals surface area (Å²) in [5.74, 6) is 1.44. The maximum absolute atomic E-state index is 12.1. The first-order chi connectivity index (χ1) is 17.5. The van der Waals surface area contributed by atoms with E-state index in [2.05, 4.69) is 19.9 Å². The van der Waals surface area contributed by atoms with E-state index in [1.165, 1.54) is 6.08 Å². The van der Waals surface area contributed by atoms with E-state index in [4.69, 9.17) is 31.3 Å². The topological polar surface area (TPSA) is 110 Å². The van der Waals surface area contributed by atoms with Crippen molar-refractivity contribution in [2.75, 3.05) is 25.7 Å². The van der Waals surface area contributed by atoms with E-state index in [0.717, 1.165) is 22.6 Å². The SMILES string of the molecule is CCOC(=O)C(=Cc1ccc(N(Cc2ccc(OC)cc2)Cc2ccc(OC)cc2)nc1Cl)N=[N+]=[N-]. The molecule has 0 unspecified atom stereocenters. The lowest BCUT2D eigenvalue weighted by atomic mass is 10.1. The lowest BCUT2D eigenvalue weighted by Gasteiger charge is -2.25. The van der Waals surface area contributed by atoms with Gasteiger partial charge in [-0.25, -0.2) is 9.78 Å². The van der Waals surface area contributed by atoms with Crippen LogP contribution in [0.3, 0.4) is 0 Å². The third-order valence-corrected chi connectivity index (χ3v) is 5.48. The average molecular weight is 508 g/mol. The normalized spacial score (nSPS) is 10.8. The summed E-state index contributed by atoms with van der Waals surface area (Å²) in [5.41, 5.74) is 11.1. The molecule has 3 rings (SSSR count). The molecule has 0 aliphatic heterocycles. The Balaban J connectivity index is 1.94. The zero-order chi connectivity index (χ0) is 25.9. The highest BCUT2D eigenvalue weighted by Gasteiger charge is 2.15. The molecule has 9 nitrogen and oxygen atoms in total. The Bertz CT molecular complexity index is 1210. The number of methoxy groups -OCH3 is 2. The van der Waals surface area contributed by atoms with Gasteiger partial charge in [0.2, 0.25) is 0 Å². The molecular formula is C26H26ClN5O4.